The average Bonchev–Trinajstić information content (AvgIpc) is 3.60. The van der Waals surface area contributed by atoms with Crippen LogP contribution in [0.5, 0.6) is 0 Å². The molecule has 36 heavy (non-hydrogen) atoms. The average molecular weight is 490 g/mol. The first-order valence-corrected chi connectivity index (χ1v) is 12.8. The number of aromatic nitrogens is 5. The van der Waals surface area contributed by atoms with Crippen molar-refractivity contribution in [2.45, 2.75) is 52.2 Å². The standard InChI is InChI=1S/C27H32FN7O/c1-16-15-36-10-9-34(16)25-13-24(26-17(2)33-35(18(26)3)14-20-5-4-7-29-20)31-27(32-25)22-11-19(28)12-23-21(22)6-8-30-23/h6,8,11-13,16,20,29-30H,4-5,7,9-10,14-15H2,1-3H3/t16-,20-/m1/s1. The van der Waals surface area contributed by atoms with E-state index in [1.807, 2.05) is 25.3 Å². The van der Waals surface area contributed by atoms with Crippen molar-refractivity contribution in [3.8, 4) is 22.6 Å². The number of aryl methyl sites for hydroxylation is 1. The molecule has 2 saturated heterocycles. The highest BCUT2D eigenvalue weighted by Gasteiger charge is 2.25. The molecule has 0 radical (unpaired) electrons. The summed E-state index contributed by atoms with van der Waals surface area (Å²) in [5.41, 5.74) is 5.24. The summed E-state index contributed by atoms with van der Waals surface area (Å²) in [6.45, 7) is 10.2. The Labute approximate surface area is 209 Å². The zero-order valence-electron chi connectivity index (χ0n) is 21.0. The normalized spacial score (nSPS) is 20.5. The van der Waals surface area contributed by atoms with Crippen LogP contribution in [0.4, 0.5) is 10.2 Å². The lowest BCUT2D eigenvalue weighted by molar-refractivity contribution is 0.0985. The Morgan fingerprint density at radius 3 is 2.89 bits per heavy atom. The van der Waals surface area contributed by atoms with Crippen LogP contribution in [0.2, 0.25) is 0 Å². The molecule has 188 valence electrons. The van der Waals surface area contributed by atoms with Crippen LogP contribution in [0.1, 0.15) is 31.2 Å². The lowest BCUT2D eigenvalue weighted by Crippen LogP contribution is -2.44. The van der Waals surface area contributed by atoms with E-state index >= 15 is 0 Å². The molecular weight excluding hydrogens is 457 g/mol. The monoisotopic (exact) mass is 489 g/mol. The van der Waals surface area contributed by atoms with Crippen molar-refractivity contribution in [2.75, 3.05) is 31.2 Å². The van der Waals surface area contributed by atoms with E-state index in [1.54, 1.807) is 0 Å². The summed E-state index contributed by atoms with van der Waals surface area (Å²) < 4.78 is 22.4. The zero-order chi connectivity index (χ0) is 24.8. The molecule has 2 atom stereocenters. The Morgan fingerprint density at radius 2 is 2.08 bits per heavy atom. The molecule has 2 aliphatic rings. The van der Waals surface area contributed by atoms with Crippen LogP contribution < -0.4 is 10.2 Å². The van der Waals surface area contributed by atoms with E-state index in [0.717, 1.165) is 65.4 Å². The van der Waals surface area contributed by atoms with Gasteiger partial charge in [-0.05, 0) is 58.4 Å². The van der Waals surface area contributed by atoms with Gasteiger partial charge < -0.3 is 19.9 Å². The molecule has 3 aromatic heterocycles. The van der Waals surface area contributed by atoms with Gasteiger partial charge in [0.1, 0.15) is 11.6 Å². The molecule has 0 bridgehead atoms. The number of hydrogen-bond donors (Lipinski definition) is 2. The zero-order valence-corrected chi connectivity index (χ0v) is 21.0. The summed E-state index contributed by atoms with van der Waals surface area (Å²) in [6, 6.07) is 7.64. The molecule has 1 aromatic carbocycles. The Kier molecular flexibility index (Phi) is 5.97. The Bertz CT molecular complexity index is 1400. The number of nitrogens with zero attached hydrogens (tertiary/aromatic N) is 5. The Morgan fingerprint density at radius 1 is 1.19 bits per heavy atom. The molecule has 2 aliphatic heterocycles. The minimum atomic E-state index is -0.320. The number of anilines is 1. The molecule has 0 amide bonds. The molecular formula is C27H32FN7O. The van der Waals surface area contributed by atoms with Crippen molar-refractivity contribution in [2.24, 2.45) is 0 Å². The third-order valence-electron chi connectivity index (χ3n) is 7.44. The highest BCUT2D eigenvalue weighted by molar-refractivity contribution is 5.94. The van der Waals surface area contributed by atoms with Crippen LogP contribution in [0.25, 0.3) is 33.5 Å². The third kappa shape index (κ3) is 4.16. The van der Waals surface area contributed by atoms with Crippen molar-refractivity contribution < 1.29 is 9.13 Å². The molecule has 5 heterocycles. The third-order valence-corrected chi connectivity index (χ3v) is 7.44. The van der Waals surface area contributed by atoms with Gasteiger partial charge in [0.2, 0.25) is 0 Å². The summed E-state index contributed by atoms with van der Waals surface area (Å²) in [7, 11) is 0. The number of morpholine rings is 1. The van der Waals surface area contributed by atoms with Crippen LogP contribution in [0.15, 0.2) is 30.5 Å². The predicted octanol–water partition coefficient (Wildman–Crippen LogP) is 4.22. The van der Waals surface area contributed by atoms with E-state index in [4.69, 9.17) is 19.8 Å². The summed E-state index contributed by atoms with van der Waals surface area (Å²) >= 11 is 0. The number of hydrogen-bond acceptors (Lipinski definition) is 6. The molecule has 0 spiro atoms. The van der Waals surface area contributed by atoms with Gasteiger partial charge >= 0.3 is 0 Å². The summed E-state index contributed by atoms with van der Waals surface area (Å²) in [5, 5.41) is 9.34. The molecule has 9 heteroatoms. The van der Waals surface area contributed by atoms with Crippen LogP contribution in [0.3, 0.4) is 0 Å². The highest BCUT2D eigenvalue weighted by atomic mass is 19.1. The van der Waals surface area contributed by atoms with Gasteiger partial charge in [-0.2, -0.15) is 5.10 Å². The SMILES string of the molecule is Cc1nn(C[C@H]2CCCN2)c(C)c1-c1cc(N2CCOC[C@H]2C)nc(-c2cc(F)cc3[nH]ccc23)n1. The van der Waals surface area contributed by atoms with Crippen molar-refractivity contribution in [1.82, 2.24) is 30.0 Å². The van der Waals surface area contributed by atoms with E-state index in [2.05, 4.69) is 33.7 Å². The van der Waals surface area contributed by atoms with E-state index in [0.29, 0.717) is 30.6 Å². The summed E-state index contributed by atoms with van der Waals surface area (Å²) in [5.74, 6) is 1.01. The second kappa shape index (κ2) is 9.29. The van der Waals surface area contributed by atoms with Crippen molar-refractivity contribution in [3.05, 3.63) is 47.7 Å². The minimum absolute atomic E-state index is 0.174. The first-order valence-electron chi connectivity index (χ1n) is 12.8. The van der Waals surface area contributed by atoms with Gasteiger partial charge in [-0.3, -0.25) is 4.68 Å². The molecule has 6 rings (SSSR count). The molecule has 4 aromatic rings. The van der Waals surface area contributed by atoms with E-state index in [-0.39, 0.29) is 11.9 Å². The number of nitrogens with one attached hydrogen (secondary N) is 2. The van der Waals surface area contributed by atoms with Gasteiger partial charge in [-0.15, -0.1) is 0 Å². The molecule has 0 unspecified atom stereocenters. The number of benzene rings is 1. The van der Waals surface area contributed by atoms with Crippen LogP contribution in [-0.2, 0) is 11.3 Å². The molecule has 2 N–H and O–H groups in total. The smallest absolute Gasteiger partial charge is 0.162 e. The minimum Gasteiger partial charge on any atom is -0.377 e. The van der Waals surface area contributed by atoms with Crippen LogP contribution in [-0.4, -0.2) is 63.1 Å². The van der Waals surface area contributed by atoms with Crippen molar-refractivity contribution >= 4 is 16.7 Å². The van der Waals surface area contributed by atoms with Crippen LogP contribution >= 0.6 is 0 Å². The maximum Gasteiger partial charge on any atom is 0.162 e. The number of H-pyrrole nitrogens is 1. The van der Waals surface area contributed by atoms with Crippen molar-refractivity contribution in [1.29, 1.82) is 0 Å². The number of rotatable bonds is 5. The summed E-state index contributed by atoms with van der Waals surface area (Å²) in [6.07, 6.45) is 4.18. The van der Waals surface area contributed by atoms with Gasteiger partial charge in [0, 0.05) is 52.6 Å². The first kappa shape index (κ1) is 23.1. The van der Waals surface area contributed by atoms with Gasteiger partial charge in [-0.1, -0.05) is 0 Å². The Balaban J connectivity index is 1.50. The predicted molar refractivity (Wildman–Crippen MR) is 139 cm³/mol. The lowest BCUT2D eigenvalue weighted by Gasteiger charge is -2.34. The van der Waals surface area contributed by atoms with E-state index < -0.39 is 0 Å². The van der Waals surface area contributed by atoms with Crippen LogP contribution in [0, 0.1) is 19.7 Å². The second-order valence-corrected chi connectivity index (χ2v) is 9.97. The Hall–Kier alpha value is -3.30. The molecule has 0 saturated carbocycles. The van der Waals surface area contributed by atoms with Gasteiger partial charge in [0.25, 0.3) is 0 Å². The van der Waals surface area contributed by atoms with Gasteiger partial charge in [-0.25, -0.2) is 14.4 Å². The molecule has 8 nitrogen and oxygen atoms in total. The number of fused-ring (bicyclic) bond motifs is 1. The summed E-state index contributed by atoms with van der Waals surface area (Å²) in [4.78, 5) is 15.3. The highest BCUT2D eigenvalue weighted by Crippen LogP contribution is 2.34. The lowest BCUT2D eigenvalue weighted by atomic mass is 10.1. The molecule has 0 aliphatic carbocycles. The van der Waals surface area contributed by atoms with E-state index in [9.17, 15) is 4.39 Å². The van der Waals surface area contributed by atoms with Gasteiger partial charge in [0.05, 0.1) is 37.2 Å². The fourth-order valence-corrected chi connectivity index (χ4v) is 5.58. The largest absolute Gasteiger partial charge is 0.377 e. The molecule has 2 fully saturated rings. The quantitative estimate of drug-likeness (QED) is 0.437. The number of halogens is 1. The first-order chi connectivity index (χ1) is 17.5. The number of aromatic amines is 1. The topological polar surface area (TPSA) is 83.9 Å². The fourth-order valence-electron chi connectivity index (χ4n) is 5.58. The maximum atomic E-state index is 14.6. The van der Waals surface area contributed by atoms with E-state index in [1.165, 1.54) is 18.6 Å². The van der Waals surface area contributed by atoms with Gasteiger partial charge in [0.15, 0.2) is 5.82 Å². The fraction of sp³-hybridized carbons (Fsp3) is 0.444. The van der Waals surface area contributed by atoms with Crippen molar-refractivity contribution in [3.63, 3.8) is 0 Å². The maximum absolute atomic E-state index is 14.6. The second-order valence-electron chi connectivity index (χ2n) is 9.97. The number of ether oxygens (including phenoxy) is 1.